The largest absolute Gasteiger partial charge is 0.756 e. The maximum atomic E-state index is 12.5. The van der Waals surface area contributed by atoms with Gasteiger partial charge >= 0.3 is 5.97 Å². The van der Waals surface area contributed by atoms with Crippen LogP contribution >= 0.6 is 7.82 Å². The zero-order chi connectivity index (χ0) is 36.6. The van der Waals surface area contributed by atoms with Crippen molar-refractivity contribution in [3.63, 3.8) is 0 Å². The molecule has 8 nitrogen and oxygen atoms in total. The van der Waals surface area contributed by atoms with Crippen LogP contribution in [0.3, 0.4) is 0 Å². The highest BCUT2D eigenvalue weighted by Gasteiger charge is 2.19. The Labute approximate surface area is 307 Å². The van der Waals surface area contributed by atoms with Crippen molar-refractivity contribution in [2.75, 3.05) is 33.0 Å². The summed E-state index contributed by atoms with van der Waals surface area (Å²) in [7, 11) is -4.50. The van der Waals surface area contributed by atoms with Crippen LogP contribution in [0.1, 0.15) is 168 Å². The molecule has 0 aromatic heterocycles. The second-order valence-electron chi connectivity index (χ2n) is 13.2. The molecule has 0 aromatic carbocycles. The minimum atomic E-state index is -4.50. The highest BCUT2D eigenvalue weighted by atomic mass is 31.2. The van der Waals surface area contributed by atoms with Gasteiger partial charge in [0.15, 0.2) is 0 Å². The van der Waals surface area contributed by atoms with Gasteiger partial charge in [-0.1, -0.05) is 159 Å². The molecule has 0 amide bonds. The maximum absolute atomic E-state index is 12.5. The average molecular weight is 726 g/mol. The molecule has 1 unspecified atom stereocenters. The van der Waals surface area contributed by atoms with Crippen LogP contribution in [-0.2, 0) is 27.9 Å². The first kappa shape index (κ1) is 48.5. The molecule has 2 atom stereocenters. The van der Waals surface area contributed by atoms with Crippen molar-refractivity contribution in [2.24, 2.45) is 0 Å². The molecule has 0 spiro atoms. The van der Waals surface area contributed by atoms with E-state index in [1.165, 1.54) is 103 Å². The first-order chi connectivity index (χ1) is 24.4. The highest BCUT2D eigenvalue weighted by molar-refractivity contribution is 7.45. The van der Waals surface area contributed by atoms with E-state index in [0.29, 0.717) is 19.6 Å². The van der Waals surface area contributed by atoms with Crippen molar-refractivity contribution in [2.45, 2.75) is 174 Å². The number of quaternary nitrogens is 1. The number of esters is 1. The smallest absolute Gasteiger partial charge is 0.306 e. The summed E-state index contributed by atoms with van der Waals surface area (Å²) in [6, 6.07) is 0. The zero-order valence-electron chi connectivity index (χ0n) is 32.2. The Kier molecular flexibility index (Phi) is 37.5. The lowest BCUT2D eigenvalue weighted by molar-refractivity contribution is -0.373. The molecule has 0 saturated heterocycles. The van der Waals surface area contributed by atoms with Crippen LogP contribution in [0, 0.1) is 0 Å². The lowest BCUT2D eigenvalue weighted by atomic mass is 10.0. The summed E-state index contributed by atoms with van der Waals surface area (Å²) < 4.78 is 33.0. The Morgan fingerprint density at radius 3 is 1.58 bits per heavy atom. The third-order valence-corrected chi connectivity index (χ3v) is 9.23. The lowest BCUT2D eigenvalue weighted by Gasteiger charge is -2.25. The molecule has 0 aromatic rings. The number of hydrogen-bond acceptors (Lipinski definition) is 7. The first-order valence-corrected chi connectivity index (χ1v) is 21.7. The predicted octanol–water partition coefficient (Wildman–Crippen LogP) is 10.3. The van der Waals surface area contributed by atoms with Crippen LogP contribution in [0.15, 0.2) is 48.6 Å². The van der Waals surface area contributed by atoms with Crippen molar-refractivity contribution in [3.05, 3.63) is 48.6 Å². The minimum Gasteiger partial charge on any atom is -0.756 e. The molecule has 292 valence electrons. The van der Waals surface area contributed by atoms with E-state index in [4.69, 9.17) is 18.5 Å². The van der Waals surface area contributed by atoms with Crippen molar-refractivity contribution in [1.82, 2.24) is 0 Å². The Morgan fingerprint density at radius 1 is 0.600 bits per heavy atom. The Bertz CT molecular complexity index is 905. The number of phosphoric ester groups is 1. The Hall–Kier alpha value is -1.54. The van der Waals surface area contributed by atoms with Crippen LogP contribution in [0.4, 0.5) is 0 Å². The van der Waals surface area contributed by atoms with Crippen molar-refractivity contribution in [1.29, 1.82) is 0 Å². The van der Waals surface area contributed by atoms with E-state index in [1.807, 2.05) is 0 Å². The molecule has 0 rings (SSSR count). The quantitative estimate of drug-likeness (QED) is 0.0291. The second kappa shape index (κ2) is 38.7. The van der Waals surface area contributed by atoms with Crippen molar-refractivity contribution >= 4 is 13.8 Å². The van der Waals surface area contributed by atoms with Gasteiger partial charge in [-0.15, -0.1) is 0 Å². The molecule has 0 saturated carbocycles. The minimum absolute atomic E-state index is 0.0572. The molecular weight excluding hydrogens is 649 g/mol. The van der Waals surface area contributed by atoms with Crippen LogP contribution in [0.25, 0.3) is 0 Å². The van der Waals surface area contributed by atoms with E-state index in [2.05, 4.69) is 68.2 Å². The standard InChI is InChI=1S/C41H76NO7P/c1-3-5-7-9-11-13-15-17-19-20-21-22-24-26-28-30-32-34-41(43)49-40(39-48-50(44,45)47-37-35-42)38-46-36-33-31-29-27-25-23-18-16-14-12-10-8-6-4-2/h11,13,17,19,21-22,26,28,40H,3-10,12,14-16,18,20,23-25,27,29-39,42H2,1-2H3,(H,44,45)/b13-11-,19-17-,22-21-,28-26-/t40-/m1/s1. The second-order valence-corrected chi connectivity index (χ2v) is 14.6. The van der Waals surface area contributed by atoms with Gasteiger partial charge in [0, 0.05) is 13.0 Å². The average Bonchev–Trinajstić information content (AvgIpc) is 3.10. The molecular formula is C41H76NO7P. The van der Waals surface area contributed by atoms with Crippen LogP contribution in [0.2, 0.25) is 0 Å². The van der Waals surface area contributed by atoms with Crippen LogP contribution in [-0.4, -0.2) is 45.0 Å². The molecule has 0 aliphatic carbocycles. The molecule has 0 bridgehead atoms. The van der Waals surface area contributed by atoms with Gasteiger partial charge in [0.2, 0.25) is 0 Å². The van der Waals surface area contributed by atoms with Crippen LogP contribution in [0.5, 0.6) is 0 Å². The number of unbranched alkanes of at least 4 members (excludes halogenated alkanes) is 17. The topological polar surface area (TPSA) is 122 Å². The zero-order valence-corrected chi connectivity index (χ0v) is 33.1. The fraction of sp³-hybridized carbons (Fsp3) is 0.780. The van der Waals surface area contributed by atoms with Gasteiger partial charge in [-0.05, 0) is 51.4 Å². The number of allylic oxidation sites excluding steroid dienone is 8. The lowest BCUT2D eigenvalue weighted by Crippen LogP contribution is -2.52. The van der Waals surface area contributed by atoms with E-state index in [0.717, 1.165) is 38.5 Å². The van der Waals surface area contributed by atoms with Gasteiger partial charge in [0.25, 0.3) is 7.82 Å². The number of carbonyl (C=O) groups excluding carboxylic acids is 1. The maximum Gasteiger partial charge on any atom is 0.306 e. The summed E-state index contributed by atoms with van der Waals surface area (Å²) in [6.45, 7) is 5.01. The van der Waals surface area contributed by atoms with Gasteiger partial charge < -0.3 is 29.1 Å². The molecule has 0 aliphatic heterocycles. The molecule has 0 fully saturated rings. The summed E-state index contributed by atoms with van der Waals surface area (Å²) in [4.78, 5) is 24.5. The monoisotopic (exact) mass is 726 g/mol. The SMILES string of the molecule is CCCCC/C=C\C/C=C\C/C=C\C/C=C\CCCC(=O)O[C@H](COCCCCCCCCCCCCCCCC)COP(=O)([O-])OCC[NH3+]. The highest BCUT2D eigenvalue weighted by Crippen LogP contribution is 2.38. The van der Waals surface area contributed by atoms with Gasteiger partial charge in [0.05, 0.1) is 19.8 Å². The van der Waals surface area contributed by atoms with Gasteiger partial charge in [-0.25, -0.2) is 0 Å². The van der Waals surface area contributed by atoms with Gasteiger partial charge in [0.1, 0.15) is 12.7 Å². The summed E-state index contributed by atoms with van der Waals surface area (Å²) in [5, 5.41) is 0. The number of hydrogen-bond donors (Lipinski definition) is 1. The van der Waals surface area contributed by atoms with Gasteiger partial charge in [-0.3, -0.25) is 9.36 Å². The first-order valence-electron chi connectivity index (χ1n) is 20.2. The molecule has 0 heterocycles. The fourth-order valence-corrected chi connectivity index (χ4v) is 6.06. The van der Waals surface area contributed by atoms with E-state index in [-0.39, 0.29) is 26.2 Å². The fourth-order valence-electron chi connectivity index (χ4n) is 5.29. The van der Waals surface area contributed by atoms with E-state index < -0.39 is 19.9 Å². The van der Waals surface area contributed by atoms with Gasteiger partial charge in [-0.2, -0.15) is 0 Å². The summed E-state index contributed by atoms with van der Waals surface area (Å²) in [5.74, 6) is -0.394. The number of ether oxygens (including phenoxy) is 2. The van der Waals surface area contributed by atoms with Crippen molar-refractivity contribution in [3.8, 4) is 0 Å². The normalized spacial score (nSPS) is 14.1. The number of carbonyl (C=O) groups is 1. The van der Waals surface area contributed by atoms with E-state index in [1.54, 1.807) is 0 Å². The third kappa shape index (κ3) is 37.7. The third-order valence-electron chi connectivity index (χ3n) is 8.27. The number of rotatable bonds is 38. The number of phosphoric acid groups is 1. The molecule has 50 heavy (non-hydrogen) atoms. The van der Waals surface area contributed by atoms with Crippen LogP contribution < -0.4 is 10.6 Å². The van der Waals surface area contributed by atoms with E-state index >= 15 is 0 Å². The van der Waals surface area contributed by atoms with Crippen molar-refractivity contribution < 1.29 is 38.5 Å². The summed E-state index contributed by atoms with van der Waals surface area (Å²) in [6.07, 6.45) is 44.0. The summed E-state index contributed by atoms with van der Waals surface area (Å²) >= 11 is 0. The van der Waals surface area contributed by atoms with E-state index in [9.17, 15) is 14.3 Å². The molecule has 0 radical (unpaired) electrons. The summed E-state index contributed by atoms with van der Waals surface area (Å²) in [5.41, 5.74) is 3.57. The molecule has 9 heteroatoms. The predicted molar refractivity (Wildman–Crippen MR) is 207 cm³/mol. The molecule has 0 aliphatic rings. The Balaban J connectivity index is 4.17. The molecule has 3 N–H and O–H groups in total. The Morgan fingerprint density at radius 2 is 1.06 bits per heavy atom.